The summed E-state index contributed by atoms with van der Waals surface area (Å²) in [4.78, 5) is 26.7. The number of ether oxygens (including phenoxy) is 1. The number of carbonyl (C=O) groups is 2. The van der Waals surface area contributed by atoms with E-state index in [1.807, 2.05) is 54.6 Å². The Bertz CT molecular complexity index is 1070. The number of amides is 2. The number of rotatable bonds is 7. The highest BCUT2D eigenvalue weighted by molar-refractivity contribution is 9.10. The van der Waals surface area contributed by atoms with E-state index in [2.05, 4.69) is 21.2 Å². The molecule has 0 aliphatic carbocycles. The maximum absolute atomic E-state index is 13.0. The molecule has 0 fully saturated rings. The van der Waals surface area contributed by atoms with E-state index < -0.39 is 6.04 Å². The minimum absolute atomic E-state index is 0.204. The number of hydrogen-bond donors (Lipinski definition) is 1. The summed E-state index contributed by atoms with van der Waals surface area (Å²) in [5.41, 5.74) is 0.759. The van der Waals surface area contributed by atoms with Crippen molar-refractivity contribution in [3.05, 3.63) is 75.7 Å². The largest absolute Gasteiger partial charge is 0.483 e. The van der Waals surface area contributed by atoms with Crippen LogP contribution in [0.25, 0.3) is 10.8 Å². The van der Waals surface area contributed by atoms with Crippen molar-refractivity contribution in [1.29, 1.82) is 0 Å². The monoisotopic (exact) mass is 488 g/mol. The third-order valence-electron chi connectivity index (χ3n) is 4.89. The summed E-state index contributed by atoms with van der Waals surface area (Å²) in [6.45, 7) is 1.68. The standard InChI is InChI=1S/C23H22BrClN2O3/c1-15(23(29)26-2)27(13-17-8-4-6-10-19(17)25)21(28)14-30-20-12-11-16-7-3-5-9-18(16)22(20)24/h3-12,15H,13-14H2,1-2H3,(H,26,29)/t15-/m0/s1. The Balaban J connectivity index is 1.80. The van der Waals surface area contributed by atoms with Gasteiger partial charge in [0.25, 0.3) is 5.91 Å². The first-order valence-electron chi connectivity index (χ1n) is 9.47. The lowest BCUT2D eigenvalue weighted by molar-refractivity contribution is -0.142. The van der Waals surface area contributed by atoms with Gasteiger partial charge in [-0.1, -0.05) is 60.1 Å². The number of fused-ring (bicyclic) bond motifs is 1. The van der Waals surface area contributed by atoms with Crippen molar-refractivity contribution in [2.45, 2.75) is 19.5 Å². The molecule has 0 aromatic heterocycles. The fourth-order valence-corrected chi connectivity index (χ4v) is 3.95. The molecule has 1 N–H and O–H groups in total. The zero-order chi connectivity index (χ0) is 21.7. The molecule has 0 radical (unpaired) electrons. The van der Waals surface area contributed by atoms with Gasteiger partial charge in [-0.3, -0.25) is 9.59 Å². The molecule has 0 saturated carbocycles. The van der Waals surface area contributed by atoms with Crippen molar-refractivity contribution in [3.8, 4) is 5.75 Å². The highest BCUT2D eigenvalue weighted by Gasteiger charge is 2.26. The molecule has 3 aromatic carbocycles. The normalized spacial score (nSPS) is 11.7. The fourth-order valence-electron chi connectivity index (χ4n) is 3.15. The number of likely N-dealkylation sites (N-methyl/N-ethyl adjacent to an activating group) is 1. The molecule has 0 bridgehead atoms. The number of halogens is 2. The van der Waals surface area contributed by atoms with E-state index >= 15 is 0 Å². The summed E-state index contributed by atoms with van der Waals surface area (Å²) in [6.07, 6.45) is 0. The zero-order valence-electron chi connectivity index (χ0n) is 16.7. The van der Waals surface area contributed by atoms with Crippen LogP contribution < -0.4 is 10.1 Å². The van der Waals surface area contributed by atoms with Crippen LogP contribution in [0, 0.1) is 0 Å². The van der Waals surface area contributed by atoms with Crippen molar-refractivity contribution in [2.75, 3.05) is 13.7 Å². The van der Waals surface area contributed by atoms with Crippen LogP contribution in [0.4, 0.5) is 0 Å². The number of benzene rings is 3. The molecule has 3 rings (SSSR count). The molecule has 156 valence electrons. The average molecular weight is 490 g/mol. The topological polar surface area (TPSA) is 58.6 Å². The molecule has 0 saturated heterocycles. The van der Waals surface area contributed by atoms with Gasteiger partial charge in [-0.15, -0.1) is 0 Å². The van der Waals surface area contributed by atoms with Crippen LogP contribution in [-0.4, -0.2) is 36.4 Å². The predicted molar refractivity (Wildman–Crippen MR) is 123 cm³/mol. The van der Waals surface area contributed by atoms with Crippen LogP contribution in [-0.2, 0) is 16.1 Å². The van der Waals surface area contributed by atoms with Crippen LogP contribution in [0.1, 0.15) is 12.5 Å². The van der Waals surface area contributed by atoms with Gasteiger partial charge in [0.2, 0.25) is 5.91 Å². The van der Waals surface area contributed by atoms with Gasteiger partial charge in [0, 0.05) is 18.6 Å². The zero-order valence-corrected chi connectivity index (χ0v) is 19.0. The number of nitrogens with zero attached hydrogens (tertiary/aromatic N) is 1. The van der Waals surface area contributed by atoms with E-state index in [1.165, 1.54) is 4.90 Å². The summed E-state index contributed by atoms with van der Waals surface area (Å²) in [5.74, 6) is -0.0132. The first-order valence-corrected chi connectivity index (χ1v) is 10.6. The second-order valence-electron chi connectivity index (χ2n) is 6.79. The second kappa shape index (κ2) is 9.96. The molecular formula is C23H22BrClN2O3. The summed E-state index contributed by atoms with van der Waals surface area (Å²) in [5, 5.41) is 5.19. The summed E-state index contributed by atoms with van der Waals surface area (Å²) in [7, 11) is 1.54. The first-order chi connectivity index (χ1) is 14.4. The van der Waals surface area contributed by atoms with E-state index in [9.17, 15) is 9.59 Å². The average Bonchev–Trinajstić information content (AvgIpc) is 2.77. The lowest BCUT2D eigenvalue weighted by Crippen LogP contribution is -2.48. The van der Waals surface area contributed by atoms with Crippen LogP contribution in [0.3, 0.4) is 0 Å². The molecule has 0 aliphatic rings. The molecule has 2 amide bonds. The number of carbonyl (C=O) groups excluding carboxylic acids is 2. The van der Waals surface area contributed by atoms with E-state index in [4.69, 9.17) is 16.3 Å². The Morgan fingerprint density at radius 1 is 1.10 bits per heavy atom. The molecule has 7 heteroatoms. The minimum atomic E-state index is -0.678. The second-order valence-corrected chi connectivity index (χ2v) is 7.99. The van der Waals surface area contributed by atoms with Gasteiger partial charge in [0.1, 0.15) is 11.8 Å². The summed E-state index contributed by atoms with van der Waals surface area (Å²) >= 11 is 9.83. The Hall–Kier alpha value is -2.57. The van der Waals surface area contributed by atoms with Crippen LogP contribution in [0.2, 0.25) is 5.02 Å². The van der Waals surface area contributed by atoms with Crippen molar-refractivity contribution in [3.63, 3.8) is 0 Å². The molecule has 3 aromatic rings. The Labute approximate surface area is 189 Å². The van der Waals surface area contributed by atoms with Crippen LogP contribution in [0.5, 0.6) is 5.75 Å². The Morgan fingerprint density at radius 2 is 1.80 bits per heavy atom. The SMILES string of the molecule is CNC(=O)[C@H](C)N(Cc1ccccc1Cl)C(=O)COc1ccc2ccccc2c1Br. The van der Waals surface area contributed by atoms with E-state index in [0.29, 0.717) is 10.8 Å². The maximum atomic E-state index is 13.0. The quantitative estimate of drug-likeness (QED) is 0.519. The van der Waals surface area contributed by atoms with Crippen molar-refractivity contribution >= 4 is 50.1 Å². The fraction of sp³-hybridized carbons (Fsp3) is 0.217. The van der Waals surface area contributed by atoms with Crippen LogP contribution in [0.15, 0.2) is 65.1 Å². The third kappa shape index (κ3) is 4.94. The van der Waals surface area contributed by atoms with Gasteiger partial charge >= 0.3 is 0 Å². The maximum Gasteiger partial charge on any atom is 0.261 e. The predicted octanol–water partition coefficient (Wildman–Crippen LogP) is 4.80. The smallest absolute Gasteiger partial charge is 0.261 e. The molecule has 30 heavy (non-hydrogen) atoms. The van der Waals surface area contributed by atoms with Crippen molar-refractivity contribution < 1.29 is 14.3 Å². The highest BCUT2D eigenvalue weighted by Crippen LogP contribution is 2.33. The highest BCUT2D eigenvalue weighted by atomic mass is 79.9. The molecule has 0 aliphatic heterocycles. The Morgan fingerprint density at radius 3 is 2.53 bits per heavy atom. The lowest BCUT2D eigenvalue weighted by Gasteiger charge is -2.28. The van der Waals surface area contributed by atoms with Crippen molar-refractivity contribution in [2.24, 2.45) is 0 Å². The van der Waals surface area contributed by atoms with Crippen molar-refractivity contribution in [1.82, 2.24) is 10.2 Å². The van der Waals surface area contributed by atoms with Gasteiger partial charge in [0.15, 0.2) is 6.61 Å². The van der Waals surface area contributed by atoms with Gasteiger partial charge in [0.05, 0.1) is 4.47 Å². The van der Waals surface area contributed by atoms with Gasteiger partial charge in [-0.2, -0.15) is 0 Å². The molecule has 0 heterocycles. The van der Waals surface area contributed by atoms with E-state index in [-0.39, 0.29) is 25.0 Å². The summed E-state index contributed by atoms with van der Waals surface area (Å²) in [6, 6.07) is 18.2. The third-order valence-corrected chi connectivity index (χ3v) is 6.08. The number of hydrogen-bond acceptors (Lipinski definition) is 3. The van der Waals surface area contributed by atoms with Gasteiger partial charge in [-0.25, -0.2) is 0 Å². The molecular weight excluding hydrogens is 468 g/mol. The molecule has 5 nitrogen and oxygen atoms in total. The Kier molecular flexibility index (Phi) is 7.34. The van der Waals surface area contributed by atoms with Gasteiger partial charge < -0.3 is 15.0 Å². The molecule has 0 spiro atoms. The van der Waals surface area contributed by atoms with E-state index in [1.54, 1.807) is 20.0 Å². The van der Waals surface area contributed by atoms with E-state index in [0.717, 1.165) is 20.8 Å². The lowest BCUT2D eigenvalue weighted by atomic mass is 10.1. The molecule has 1 atom stereocenters. The minimum Gasteiger partial charge on any atom is -0.483 e. The van der Waals surface area contributed by atoms with Crippen LogP contribution >= 0.6 is 27.5 Å². The molecule has 0 unspecified atom stereocenters. The number of nitrogens with one attached hydrogen (secondary N) is 1. The van der Waals surface area contributed by atoms with Gasteiger partial charge in [-0.05, 0) is 51.3 Å². The summed E-state index contributed by atoms with van der Waals surface area (Å²) < 4.78 is 6.60. The first kappa shape index (κ1) is 22.1.